The van der Waals surface area contributed by atoms with Crippen molar-refractivity contribution in [2.75, 3.05) is 25.6 Å². The van der Waals surface area contributed by atoms with Crippen LogP contribution in [-0.2, 0) is 15.2 Å². The van der Waals surface area contributed by atoms with Crippen molar-refractivity contribution in [2.45, 2.75) is 36.7 Å². The topological polar surface area (TPSA) is 209 Å². The Balaban J connectivity index is 2.04. The fourth-order valence-electron chi connectivity index (χ4n) is 3.02. The Kier molecular flexibility index (Phi) is 5.43. The molecule has 3 rings (SSSR count). The van der Waals surface area contributed by atoms with Crippen molar-refractivity contribution in [1.82, 2.24) is 19.5 Å². The van der Waals surface area contributed by atoms with Crippen LogP contribution in [0.15, 0.2) is 11.1 Å². The second kappa shape index (κ2) is 7.47. The normalized spacial score (nSPS) is 28.4. The molecule has 13 nitrogen and oxygen atoms in total. The van der Waals surface area contributed by atoms with E-state index in [1.165, 1.54) is 10.9 Å². The minimum atomic E-state index is -1.78. The lowest BCUT2D eigenvalue weighted by Gasteiger charge is -2.33. The van der Waals surface area contributed by atoms with Crippen LogP contribution in [0.3, 0.4) is 0 Å². The molecule has 150 valence electrons. The Morgan fingerprint density at radius 3 is 2.81 bits per heavy atom. The van der Waals surface area contributed by atoms with Crippen LogP contribution in [0.2, 0.25) is 0 Å². The van der Waals surface area contributed by atoms with Gasteiger partial charge in [-0.1, -0.05) is 0 Å². The first-order chi connectivity index (χ1) is 12.8. The summed E-state index contributed by atoms with van der Waals surface area (Å²) in [6.45, 7) is -1.05. The van der Waals surface area contributed by atoms with Crippen molar-refractivity contribution in [3.8, 4) is 0 Å². The van der Waals surface area contributed by atoms with Crippen molar-refractivity contribution < 1.29 is 35.0 Å². The zero-order valence-electron chi connectivity index (χ0n) is 14.1. The first-order valence-corrected chi connectivity index (χ1v) is 8.12. The van der Waals surface area contributed by atoms with Gasteiger partial charge >= 0.3 is 0 Å². The average Bonchev–Trinajstić information content (AvgIpc) is 3.14. The van der Waals surface area contributed by atoms with Crippen LogP contribution in [0, 0.1) is 0 Å². The molecular formula is C14H21N5O8. The molecule has 8 N–H and O–H groups in total. The maximum atomic E-state index is 12.0. The summed E-state index contributed by atoms with van der Waals surface area (Å²) in [5.41, 5.74) is 3.09. The zero-order chi connectivity index (χ0) is 19.8. The van der Waals surface area contributed by atoms with Crippen molar-refractivity contribution in [3.05, 3.63) is 16.7 Å². The second-order valence-electron chi connectivity index (χ2n) is 6.18. The van der Waals surface area contributed by atoms with Crippen LogP contribution in [0.25, 0.3) is 11.2 Å². The SMILES string of the molecule is Nc1nc2c(ncn2[C@]2(COCCC(O)O)O[C@H](CO)[C@@H](O)[C@H]2O)c(=O)[nH]1. The number of aromatic amines is 1. The van der Waals surface area contributed by atoms with Gasteiger partial charge in [0.1, 0.15) is 18.3 Å². The third-order valence-electron chi connectivity index (χ3n) is 4.36. The van der Waals surface area contributed by atoms with E-state index in [4.69, 9.17) is 25.4 Å². The summed E-state index contributed by atoms with van der Waals surface area (Å²) in [7, 11) is 0. The molecule has 0 spiro atoms. The van der Waals surface area contributed by atoms with Gasteiger partial charge in [-0.3, -0.25) is 14.3 Å². The fraction of sp³-hybridized carbons (Fsp3) is 0.643. The molecule has 0 bridgehead atoms. The molecule has 2 aromatic rings. The minimum absolute atomic E-state index is 0.0214. The monoisotopic (exact) mass is 387 g/mol. The summed E-state index contributed by atoms with van der Waals surface area (Å²) in [6.07, 6.45) is -4.68. The largest absolute Gasteiger partial charge is 0.394 e. The van der Waals surface area contributed by atoms with Crippen molar-refractivity contribution in [3.63, 3.8) is 0 Å². The number of hydrogen-bond acceptors (Lipinski definition) is 11. The smallest absolute Gasteiger partial charge is 0.280 e. The van der Waals surface area contributed by atoms with Gasteiger partial charge in [0.05, 0.1) is 26.1 Å². The molecule has 4 atom stereocenters. The van der Waals surface area contributed by atoms with Gasteiger partial charge in [-0.15, -0.1) is 0 Å². The number of nitrogens with zero attached hydrogens (tertiary/aromatic N) is 3. The quantitative estimate of drug-likeness (QED) is 0.181. The Morgan fingerprint density at radius 2 is 2.19 bits per heavy atom. The molecule has 0 unspecified atom stereocenters. The van der Waals surface area contributed by atoms with Gasteiger partial charge in [-0.05, 0) is 0 Å². The highest BCUT2D eigenvalue weighted by molar-refractivity contribution is 5.70. The molecule has 0 amide bonds. The number of anilines is 1. The van der Waals surface area contributed by atoms with Crippen LogP contribution in [0.5, 0.6) is 0 Å². The van der Waals surface area contributed by atoms with Gasteiger partial charge < -0.3 is 40.7 Å². The van der Waals surface area contributed by atoms with Gasteiger partial charge in [0.15, 0.2) is 23.2 Å². The molecule has 0 radical (unpaired) electrons. The summed E-state index contributed by atoms with van der Waals surface area (Å²) in [6, 6.07) is 0. The maximum absolute atomic E-state index is 12.0. The van der Waals surface area contributed by atoms with E-state index in [0.717, 1.165) is 0 Å². The molecular weight excluding hydrogens is 366 g/mol. The molecule has 1 aliphatic rings. The van der Waals surface area contributed by atoms with Crippen molar-refractivity contribution in [2.24, 2.45) is 0 Å². The highest BCUT2D eigenvalue weighted by Gasteiger charge is 2.56. The Hall–Kier alpha value is -2.13. The number of aliphatic hydroxyl groups is 5. The van der Waals surface area contributed by atoms with Gasteiger partial charge in [0.25, 0.3) is 5.56 Å². The first kappa shape index (κ1) is 19.6. The van der Waals surface area contributed by atoms with Gasteiger partial charge in [-0.25, -0.2) is 4.98 Å². The van der Waals surface area contributed by atoms with E-state index in [0.29, 0.717) is 0 Å². The summed E-state index contributed by atoms with van der Waals surface area (Å²) in [5, 5.41) is 48.1. The van der Waals surface area contributed by atoms with Gasteiger partial charge in [0, 0.05) is 6.42 Å². The number of aromatic nitrogens is 4. The van der Waals surface area contributed by atoms with E-state index in [-0.39, 0.29) is 36.7 Å². The minimum Gasteiger partial charge on any atom is -0.394 e. The van der Waals surface area contributed by atoms with Crippen LogP contribution in [-0.4, -0.2) is 89.5 Å². The molecule has 2 aromatic heterocycles. The summed E-state index contributed by atoms with van der Waals surface area (Å²) in [4.78, 5) is 22.2. The number of nitrogens with one attached hydrogen (secondary N) is 1. The Labute approximate surface area is 151 Å². The fourth-order valence-corrected chi connectivity index (χ4v) is 3.02. The predicted molar refractivity (Wildman–Crippen MR) is 88.2 cm³/mol. The van der Waals surface area contributed by atoms with Gasteiger partial charge in [0.2, 0.25) is 5.95 Å². The molecule has 3 heterocycles. The molecule has 1 aliphatic heterocycles. The number of H-pyrrole nitrogens is 1. The van der Waals surface area contributed by atoms with Crippen molar-refractivity contribution in [1.29, 1.82) is 0 Å². The number of imidazole rings is 1. The zero-order valence-corrected chi connectivity index (χ0v) is 14.1. The lowest BCUT2D eigenvalue weighted by molar-refractivity contribution is -0.184. The van der Waals surface area contributed by atoms with E-state index in [2.05, 4.69) is 15.0 Å². The number of rotatable bonds is 7. The number of ether oxygens (including phenoxy) is 2. The van der Waals surface area contributed by atoms with Gasteiger partial charge in [-0.2, -0.15) is 4.98 Å². The first-order valence-electron chi connectivity index (χ1n) is 8.12. The molecule has 27 heavy (non-hydrogen) atoms. The maximum Gasteiger partial charge on any atom is 0.280 e. The van der Waals surface area contributed by atoms with Crippen LogP contribution in [0.4, 0.5) is 5.95 Å². The molecule has 13 heteroatoms. The number of nitrogens with two attached hydrogens (primary N) is 1. The highest BCUT2D eigenvalue weighted by atomic mass is 16.6. The summed E-state index contributed by atoms with van der Waals surface area (Å²) in [5.74, 6) is -0.194. The summed E-state index contributed by atoms with van der Waals surface area (Å²) < 4.78 is 12.3. The Morgan fingerprint density at radius 1 is 1.44 bits per heavy atom. The van der Waals surface area contributed by atoms with E-state index in [1.54, 1.807) is 0 Å². The lowest BCUT2D eigenvalue weighted by Crippen LogP contribution is -2.49. The van der Waals surface area contributed by atoms with E-state index >= 15 is 0 Å². The number of aliphatic hydroxyl groups excluding tert-OH is 4. The molecule has 0 aromatic carbocycles. The third-order valence-corrected chi connectivity index (χ3v) is 4.36. The molecule has 1 fully saturated rings. The number of hydrogen-bond donors (Lipinski definition) is 7. The molecule has 0 aliphatic carbocycles. The highest BCUT2D eigenvalue weighted by Crippen LogP contribution is 2.37. The predicted octanol–water partition coefficient (Wildman–Crippen LogP) is -3.82. The molecule has 1 saturated heterocycles. The van der Waals surface area contributed by atoms with Crippen molar-refractivity contribution >= 4 is 17.1 Å². The standard InChI is InChI=1S/C14H21N5O8/c15-13-17-11-8(12(25)18-13)16-5-19(11)14(4-26-2-1-7(21)22)10(24)9(23)6(3-20)27-14/h5-7,9-10,20-24H,1-4H2,(H3,15,17,18,25)/t6-,9-,10-,14-/m1/s1. The van der Waals surface area contributed by atoms with Crippen LogP contribution >= 0.6 is 0 Å². The third kappa shape index (κ3) is 3.41. The lowest BCUT2D eigenvalue weighted by atomic mass is 10.0. The van der Waals surface area contributed by atoms with Crippen LogP contribution in [0.1, 0.15) is 6.42 Å². The van der Waals surface area contributed by atoms with E-state index in [9.17, 15) is 20.1 Å². The van der Waals surface area contributed by atoms with E-state index < -0.39 is 42.5 Å². The van der Waals surface area contributed by atoms with Crippen LogP contribution < -0.4 is 11.3 Å². The molecule has 0 saturated carbocycles. The Bertz CT molecular complexity index is 854. The number of fused-ring (bicyclic) bond motifs is 1. The summed E-state index contributed by atoms with van der Waals surface area (Å²) >= 11 is 0. The number of nitrogen functional groups attached to an aromatic ring is 1. The average molecular weight is 387 g/mol. The van der Waals surface area contributed by atoms with E-state index in [1.807, 2.05) is 0 Å². The second-order valence-corrected chi connectivity index (χ2v) is 6.18.